The van der Waals surface area contributed by atoms with Crippen LogP contribution in [0, 0.1) is 11.7 Å². The first-order valence-electron chi connectivity index (χ1n) is 9.53. The van der Waals surface area contributed by atoms with Crippen molar-refractivity contribution in [3.63, 3.8) is 0 Å². The number of carbonyl (C=O) groups excluding carboxylic acids is 1. The lowest BCUT2D eigenvalue weighted by Crippen LogP contribution is -2.38. The minimum Gasteiger partial charge on any atom is -0.444 e. The van der Waals surface area contributed by atoms with E-state index < -0.39 is 17.5 Å². The quantitative estimate of drug-likeness (QED) is 0.549. The molecule has 1 fully saturated rings. The van der Waals surface area contributed by atoms with Crippen molar-refractivity contribution in [3.8, 4) is 0 Å². The molecule has 0 spiro atoms. The number of hydrogen-bond acceptors (Lipinski definition) is 6. The van der Waals surface area contributed by atoms with Crippen LogP contribution in [-0.2, 0) is 4.74 Å². The number of alkyl carbamates (subject to hydrolysis) is 1. The fourth-order valence-electron chi connectivity index (χ4n) is 3.42. The second-order valence-electron chi connectivity index (χ2n) is 8.11. The summed E-state index contributed by atoms with van der Waals surface area (Å²) >= 11 is 11.8. The number of nitrogens with zero attached hydrogens (tertiary/aromatic N) is 4. The smallest absolute Gasteiger partial charge is 0.407 e. The molecule has 0 bridgehead atoms. The molecule has 0 saturated carbocycles. The van der Waals surface area contributed by atoms with Gasteiger partial charge in [-0.25, -0.2) is 19.2 Å². The van der Waals surface area contributed by atoms with Gasteiger partial charge in [-0.05, 0) is 57.6 Å². The summed E-state index contributed by atoms with van der Waals surface area (Å²) in [6, 6.07) is 0. The summed E-state index contributed by atoms with van der Waals surface area (Å²) in [6.45, 7) is 7.48. The Morgan fingerprint density at radius 3 is 2.86 bits per heavy atom. The highest BCUT2D eigenvalue weighted by Crippen LogP contribution is 2.32. The van der Waals surface area contributed by atoms with Crippen LogP contribution in [-0.4, -0.2) is 46.3 Å². The second kappa shape index (κ2) is 8.83. The van der Waals surface area contributed by atoms with Crippen molar-refractivity contribution in [2.45, 2.75) is 45.6 Å². The van der Waals surface area contributed by atoms with E-state index in [1.54, 1.807) is 0 Å². The molecule has 29 heavy (non-hydrogen) atoms. The van der Waals surface area contributed by atoms with E-state index in [4.69, 9.17) is 27.9 Å². The van der Waals surface area contributed by atoms with Crippen LogP contribution in [0.25, 0.3) is 10.9 Å². The number of fused-ring (bicyclic) bond motifs is 1. The van der Waals surface area contributed by atoms with Crippen LogP contribution < -0.4 is 10.2 Å². The van der Waals surface area contributed by atoms with Crippen LogP contribution in [0.1, 0.15) is 40.0 Å². The Hall–Kier alpha value is -1.93. The predicted octanol–water partition coefficient (Wildman–Crippen LogP) is 4.60. The first-order valence-corrected chi connectivity index (χ1v) is 10.3. The number of anilines is 1. The summed E-state index contributed by atoms with van der Waals surface area (Å²) < 4.78 is 19.6. The van der Waals surface area contributed by atoms with E-state index in [-0.39, 0.29) is 16.0 Å². The Bertz CT molecular complexity index is 906. The number of carbonyl (C=O) groups is 1. The van der Waals surface area contributed by atoms with Crippen LogP contribution in [0.4, 0.5) is 15.0 Å². The third-order valence-corrected chi connectivity index (χ3v) is 5.07. The number of pyridine rings is 1. The number of piperidine rings is 1. The number of rotatable bonds is 4. The Kier molecular flexibility index (Phi) is 6.63. The number of halogens is 3. The fraction of sp³-hybridized carbons (Fsp3) is 0.579. The standard InChI is InChI=1S/C19H24Cl2FN5O2/c1-19(2,3)29-18(28)23-7-6-11-5-4-8-27(10-11)16-12-9-24-15(20)13(22)14(12)25-17(21)26-16/h9,11H,4-8,10H2,1-3H3,(H,23,28). The van der Waals surface area contributed by atoms with Crippen LogP contribution in [0.5, 0.6) is 0 Å². The molecular formula is C19H24Cl2FN5O2. The van der Waals surface area contributed by atoms with Crippen molar-refractivity contribution in [1.29, 1.82) is 0 Å². The van der Waals surface area contributed by atoms with Crippen LogP contribution >= 0.6 is 23.2 Å². The normalized spacial score (nSPS) is 17.4. The first-order chi connectivity index (χ1) is 13.6. The molecule has 3 heterocycles. The van der Waals surface area contributed by atoms with Crippen molar-refractivity contribution in [2.75, 3.05) is 24.5 Å². The predicted molar refractivity (Wildman–Crippen MR) is 111 cm³/mol. The average molecular weight is 444 g/mol. The maximum absolute atomic E-state index is 14.3. The Balaban J connectivity index is 1.68. The van der Waals surface area contributed by atoms with Gasteiger partial charge in [-0.15, -0.1) is 0 Å². The molecule has 1 atom stereocenters. The summed E-state index contributed by atoms with van der Waals surface area (Å²) in [5.41, 5.74) is -0.459. The highest BCUT2D eigenvalue weighted by molar-refractivity contribution is 6.30. The van der Waals surface area contributed by atoms with Crippen molar-refractivity contribution >= 4 is 46.0 Å². The number of nitrogens with one attached hydrogen (secondary N) is 1. The zero-order valence-electron chi connectivity index (χ0n) is 16.6. The highest BCUT2D eigenvalue weighted by atomic mass is 35.5. The molecule has 1 aliphatic rings. The molecule has 158 valence electrons. The molecule has 2 aromatic rings. The van der Waals surface area contributed by atoms with Crippen molar-refractivity contribution in [1.82, 2.24) is 20.3 Å². The largest absolute Gasteiger partial charge is 0.444 e. The Morgan fingerprint density at radius 1 is 1.38 bits per heavy atom. The van der Waals surface area contributed by atoms with Crippen LogP contribution in [0.3, 0.4) is 0 Å². The molecule has 10 heteroatoms. The lowest BCUT2D eigenvalue weighted by atomic mass is 9.94. The molecule has 0 radical (unpaired) electrons. The maximum atomic E-state index is 14.3. The summed E-state index contributed by atoms with van der Waals surface area (Å²) in [7, 11) is 0. The third-order valence-electron chi connectivity index (χ3n) is 4.63. The van der Waals surface area contributed by atoms with Gasteiger partial charge in [0.2, 0.25) is 5.28 Å². The first kappa shape index (κ1) is 21.8. The van der Waals surface area contributed by atoms with Crippen molar-refractivity contribution in [3.05, 3.63) is 22.5 Å². The van der Waals surface area contributed by atoms with Gasteiger partial charge in [-0.2, -0.15) is 4.98 Å². The highest BCUT2D eigenvalue weighted by Gasteiger charge is 2.25. The minimum absolute atomic E-state index is 0.0395. The monoisotopic (exact) mass is 443 g/mol. The molecule has 1 saturated heterocycles. The Labute approximate surface area is 179 Å². The zero-order chi connectivity index (χ0) is 21.2. The molecule has 1 amide bonds. The van der Waals surface area contributed by atoms with E-state index in [9.17, 15) is 9.18 Å². The minimum atomic E-state index is -0.704. The molecular weight excluding hydrogens is 420 g/mol. The van der Waals surface area contributed by atoms with E-state index in [0.29, 0.717) is 30.2 Å². The van der Waals surface area contributed by atoms with Crippen LogP contribution in [0.2, 0.25) is 10.4 Å². The fourth-order valence-corrected chi connectivity index (χ4v) is 3.72. The second-order valence-corrected chi connectivity index (χ2v) is 8.81. The van der Waals surface area contributed by atoms with E-state index in [0.717, 1.165) is 25.8 Å². The van der Waals surface area contributed by atoms with Crippen molar-refractivity contribution < 1.29 is 13.9 Å². The zero-order valence-corrected chi connectivity index (χ0v) is 18.1. The van der Waals surface area contributed by atoms with Gasteiger partial charge in [0.1, 0.15) is 16.9 Å². The molecule has 1 unspecified atom stereocenters. The maximum Gasteiger partial charge on any atom is 0.407 e. The molecule has 0 aromatic carbocycles. The van der Waals surface area contributed by atoms with Gasteiger partial charge < -0.3 is 15.0 Å². The average Bonchev–Trinajstić information content (AvgIpc) is 2.63. The molecule has 1 aliphatic heterocycles. The molecule has 2 aromatic heterocycles. The molecule has 3 rings (SSSR count). The van der Waals surface area contributed by atoms with Gasteiger partial charge in [0, 0.05) is 25.8 Å². The number of ether oxygens (including phenoxy) is 1. The van der Waals surface area contributed by atoms with E-state index in [2.05, 4.69) is 25.2 Å². The lowest BCUT2D eigenvalue weighted by Gasteiger charge is -2.34. The van der Waals surface area contributed by atoms with E-state index >= 15 is 0 Å². The van der Waals surface area contributed by atoms with Gasteiger partial charge >= 0.3 is 6.09 Å². The van der Waals surface area contributed by atoms with E-state index in [1.165, 1.54) is 6.20 Å². The number of aromatic nitrogens is 3. The van der Waals surface area contributed by atoms with Crippen molar-refractivity contribution in [2.24, 2.45) is 5.92 Å². The summed E-state index contributed by atoms with van der Waals surface area (Å²) in [6.07, 6.45) is 3.83. The van der Waals surface area contributed by atoms with Gasteiger partial charge in [0.15, 0.2) is 11.0 Å². The van der Waals surface area contributed by atoms with Gasteiger partial charge in [0.05, 0.1) is 5.39 Å². The summed E-state index contributed by atoms with van der Waals surface area (Å²) in [5, 5.41) is 2.98. The molecule has 0 aliphatic carbocycles. The summed E-state index contributed by atoms with van der Waals surface area (Å²) in [5.74, 6) is 0.185. The summed E-state index contributed by atoms with van der Waals surface area (Å²) in [4.78, 5) is 26.0. The third kappa shape index (κ3) is 5.57. The number of hydrogen-bond donors (Lipinski definition) is 1. The van der Waals surface area contributed by atoms with Gasteiger partial charge in [-0.1, -0.05) is 11.6 Å². The molecule has 7 nitrogen and oxygen atoms in total. The molecule has 1 N–H and O–H groups in total. The lowest BCUT2D eigenvalue weighted by molar-refractivity contribution is 0.0524. The topological polar surface area (TPSA) is 80.2 Å². The van der Waals surface area contributed by atoms with Gasteiger partial charge in [-0.3, -0.25) is 0 Å². The van der Waals surface area contributed by atoms with E-state index in [1.807, 2.05) is 20.8 Å². The number of amides is 1. The van der Waals surface area contributed by atoms with Gasteiger partial charge in [0.25, 0.3) is 0 Å². The SMILES string of the molecule is CC(C)(C)OC(=O)NCCC1CCCN(c2nc(Cl)nc3c(F)c(Cl)ncc23)C1. The van der Waals surface area contributed by atoms with Crippen LogP contribution in [0.15, 0.2) is 6.20 Å². The Morgan fingerprint density at radius 2 is 2.14 bits per heavy atom.